The van der Waals surface area contributed by atoms with Gasteiger partial charge in [-0.15, -0.1) is 0 Å². The van der Waals surface area contributed by atoms with Crippen molar-refractivity contribution in [1.82, 2.24) is 9.62 Å². The molecule has 1 atom stereocenters. The zero-order chi connectivity index (χ0) is 21.6. The van der Waals surface area contributed by atoms with Crippen molar-refractivity contribution in [2.75, 3.05) is 24.9 Å². The SMILES string of the molecule is CC(C)C[C@H](NC(=O)CN(c1ccc(F)cc1)S(=O)(=O)N(C)C)c1ccccc1. The topological polar surface area (TPSA) is 69.7 Å². The lowest BCUT2D eigenvalue weighted by Crippen LogP contribution is -2.46. The van der Waals surface area contributed by atoms with Crippen LogP contribution >= 0.6 is 0 Å². The second-order valence-corrected chi connectivity index (χ2v) is 9.50. The van der Waals surface area contributed by atoms with Crippen molar-refractivity contribution in [3.8, 4) is 0 Å². The van der Waals surface area contributed by atoms with E-state index in [2.05, 4.69) is 19.2 Å². The molecule has 0 bridgehead atoms. The van der Waals surface area contributed by atoms with Crippen LogP contribution in [-0.2, 0) is 15.0 Å². The maximum atomic E-state index is 13.3. The molecule has 0 aliphatic heterocycles. The lowest BCUT2D eigenvalue weighted by atomic mass is 9.97. The summed E-state index contributed by atoms with van der Waals surface area (Å²) in [6, 6.07) is 14.3. The lowest BCUT2D eigenvalue weighted by Gasteiger charge is -2.28. The third kappa shape index (κ3) is 6.27. The smallest absolute Gasteiger partial charge is 0.304 e. The molecular weight excluding hydrogens is 393 g/mol. The van der Waals surface area contributed by atoms with Crippen molar-refractivity contribution in [3.05, 3.63) is 66.0 Å². The van der Waals surface area contributed by atoms with E-state index in [0.717, 1.165) is 26.3 Å². The van der Waals surface area contributed by atoms with Crippen LogP contribution in [0.15, 0.2) is 54.6 Å². The largest absolute Gasteiger partial charge is 0.348 e. The number of hydrogen-bond donors (Lipinski definition) is 1. The molecule has 0 fully saturated rings. The molecule has 0 aliphatic carbocycles. The molecule has 2 aromatic carbocycles. The molecule has 0 heterocycles. The fraction of sp³-hybridized carbons (Fsp3) is 0.381. The molecule has 6 nitrogen and oxygen atoms in total. The van der Waals surface area contributed by atoms with Crippen LogP contribution in [0.4, 0.5) is 10.1 Å². The van der Waals surface area contributed by atoms with Gasteiger partial charge >= 0.3 is 10.2 Å². The Bertz CT molecular complexity index is 901. The minimum absolute atomic E-state index is 0.218. The highest BCUT2D eigenvalue weighted by molar-refractivity contribution is 7.90. The number of amides is 1. The Morgan fingerprint density at radius 2 is 1.62 bits per heavy atom. The summed E-state index contributed by atoms with van der Waals surface area (Å²) in [5, 5.41) is 2.95. The summed E-state index contributed by atoms with van der Waals surface area (Å²) in [6.07, 6.45) is 0.715. The Kier molecular flexibility index (Phi) is 7.75. The van der Waals surface area contributed by atoms with Crippen LogP contribution < -0.4 is 9.62 Å². The molecule has 2 aromatic rings. The summed E-state index contributed by atoms with van der Waals surface area (Å²) < 4.78 is 40.8. The van der Waals surface area contributed by atoms with E-state index < -0.39 is 28.5 Å². The number of nitrogens with zero attached hydrogens (tertiary/aromatic N) is 2. The van der Waals surface area contributed by atoms with Crippen molar-refractivity contribution in [2.45, 2.75) is 26.3 Å². The van der Waals surface area contributed by atoms with Gasteiger partial charge in [0, 0.05) is 14.1 Å². The Labute approximate surface area is 172 Å². The van der Waals surface area contributed by atoms with E-state index in [1.165, 1.54) is 26.2 Å². The molecular formula is C21H28FN3O3S. The molecule has 0 aromatic heterocycles. The first kappa shape index (κ1) is 22.8. The van der Waals surface area contributed by atoms with Gasteiger partial charge in [-0.05, 0) is 42.2 Å². The van der Waals surface area contributed by atoms with E-state index in [1.807, 2.05) is 30.3 Å². The van der Waals surface area contributed by atoms with Gasteiger partial charge < -0.3 is 5.32 Å². The van der Waals surface area contributed by atoms with Gasteiger partial charge in [0.2, 0.25) is 5.91 Å². The van der Waals surface area contributed by atoms with Crippen molar-refractivity contribution in [3.63, 3.8) is 0 Å². The van der Waals surface area contributed by atoms with E-state index in [0.29, 0.717) is 12.3 Å². The molecule has 2 rings (SSSR count). The fourth-order valence-electron chi connectivity index (χ4n) is 2.92. The van der Waals surface area contributed by atoms with E-state index in [-0.39, 0.29) is 11.7 Å². The third-order valence-electron chi connectivity index (χ3n) is 4.39. The first-order valence-electron chi connectivity index (χ1n) is 9.41. The summed E-state index contributed by atoms with van der Waals surface area (Å²) in [4.78, 5) is 12.8. The number of carbonyl (C=O) groups excluding carboxylic acids is 1. The Morgan fingerprint density at radius 3 is 2.14 bits per heavy atom. The standard InChI is InChI=1S/C21H28FN3O3S/c1-16(2)14-20(17-8-6-5-7-9-17)23-21(26)15-25(29(27,28)24(3)4)19-12-10-18(22)11-13-19/h5-13,16,20H,14-15H2,1-4H3,(H,23,26)/t20-/m0/s1. The van der Waals surface area contributed by atoms with Gasteiger partial charge in [0.25, 0.3) is 0 Å². The average Bonchev–Trinajstić information content (AvgIpc) is 2.66. The number of rotatable bonds is 9. The Morgan fingerprint density at radius 1 is 1.03 bits per heavy atom. The highest BCUT2D eigenvalue weighted by Gasteiger charge is 2.28. The third-order valence-corrected chi connectivity index (χ3v) is 6.21. The zero-order valence-electron chi connectivity index (χ0n) is 17.2. The number of hydrogen-bond acceptors (Lipinski definition) is 3. The van der Waals surface area contributed by atoms with Gasteiger partial charge in [-0.2, -0.15) is 12.7 Å². The number of nitrogens with one attached hydrogen (secondary N) is 1. The maximum Gasteiger partial charge on any atom is 0.304 e. The zero-order valence-corrected chi connectivity index (χ0v) is 18.0. The first-order valence-corrected chi connectivity index (χ1v) is 10.8. The van der Waals surface area contributed by atoms with Gasteiger partial charge in [-0.3, -0.25) is 4.79 Å². The maximum absolute atomic E-state index is 13.3. The molecule has 0 saturated carbocycles. The second-order valence-electron chi connectivity index (χ2n) is 7.43. The Balaban J connectivity index is 2.27. The lowest BCUT2D eigenvalue weighted by molar-refractivity contribution is -0.120. The van der Waals surface area contributed by atoms with Crippen LogP contribution in [0.5, 0.6) is 0 Å². The van der Waals surface area contributed by atoms with Gasteiger partial charge in [0.15, 0.2) is 0 Å². The van der Waals surface area contributed by atoms with Gasteiger partial charge in [0.05, 0.1) is 11.7 Å². The van der Waals surface area contributed by atoms with Crippen LogP contribution in [0.1, 0.15) is 31.9 Å². The molecule has 0 spiro atoms. The van der Waals surface area contributed by atoms with Crippen molar-refractivity contribution < 1.29 is 17.6 Å². The average molecular weight is 422 g/mol. The minimum atomic E-state index is -3.94. The molecule has 8 heteroatoms. The number of carbonyl (C=O) groups is 1. The molecule has 0 unspecified atom stereocenters. The van der Waals surface area contributed by atoms with Gasteiger partial charge in [-0.25, -0.2) is 8.70 Å². The molecule has 1 N–H and O–H groups in total. The van der Waals surface area contributed by atoms with Crippen molar-refractivity contribution >= 4 is 21.8 Å². The summed E-state index contributed by atoms with van der Waals surface area (Å²) in [5.41, 5.74) is 1.17. The monoisotopic (exact) mass is 421 g/mol. The fourth-order valence-corrected chi connectivity index (χ4v) is 3.98. The van der Waals surface area contributed by atoms with E-state index in [1.54, 1.807) is 0 Å². The number of halogens is 1. The van der Waals surface area contributed by atoms with Crippen LogP contribution in [0, 0.1) is 11.7 Å². The Hall–Kier alpha value is -2.45. The molecule has 158 valence electrons. The van der Waals surface area contributed by atoms with Crippen LogP contribution in [0.3, 0.4) is 0 Å². The van der Waals surface area contributed by atoms with Crippen molar-refractivity contribution in [2.24, 2.45) is 5.92 Å². The summed E-state index contributed by atoms with van der Waals surface area (Å²) >= 11 is 0. The molecule has 0 radical (unpaired) electrons. The van der Waals surface area contributed by atoms with Crippen LogP contribution in [-0.4, -0.2) is 39.3 Å². The quantitative estimate of drug-likeness (QED) is 0.675. The van der Waals surface area contributed by atoms with Gasteiger partial charge in [0.1, 0.15) is 12.4 Å². The molecule has 29 heavy (non-hydrogen) atoms. The second kappa shape index (κ2) is 9.84. The summed E-state index contributed by atoms with van der Waals surface area (Å²) in [6.45, 7) is 3.71. The highest BCUT2D eigenvalue weighted by Crippen LogP contribution is 2.23. The summed E-state index contributed by atoms with van der Waals surface area (Å²) in [5.74, 6) is -0.588. The molecule has 1 amide bonds. The molecule has 0 saturated heterocycles. The van der Waals surface area contributed by atoms with Crippen LogP contribution in [0.25, 0.3) is 0 Å². The number of benzene rings is 2. The highest BCUT2D eigenvalue weighted by atomic mass is 32.2. The van der Waals surface area contributed by atoms with Crippen LogP contribution in [0.2, 0.25) is 0 Å². The van der Waals surface area contributed by atoms with E-state index in [4.69, 9.17) is 0 Å². The van der Waals surface area contributed by atoms with E-state index >= 15 is 0 Å². The molecule has 0 aliphatic rings. The van der Waals surface area contributed by atoms with Crippen molar-refractivity contribution in [1.29, 1.82) is 0 Å². The first-order chi connectivity index (χ1) is 13.6. The predicted octanol–water partition coefficient (Wildman–Crippen LogP) is 3.34. The minimum Gasteiger partial charge on any atom is -0.348 e. The predicted molar refractivity (Wildman–Crippen MR) is 113 cm³/mol. The van der Waals surface area contributed by atoms with Gasteiger partial charge in [-0.1, -0.05) is 44.2 Å². The normalized spacial score (nSPS) is 12.8. The van der Waals surface area contributed by atoms with E-state index in [9.17, 15) is 17.6 Å². The summed E-state index contributed by atoms with van der Waals surface area (Å²) in [7, 11) is -1.17. The number of anilines is 1.